The Balaban J connectivity index is 2.15. The van der Waals surface area contributed by atoms with E-state index in [1.807, 2.05) is 0 Å². The summed E-state index contributed by atoms with van der Waals surface area (Å²) in [6.45, 7) is 0.435. The molecule has 0 saturated heterocycles. The van der Waals surface area contributed by atoms with Crippen LogP contribution in [0.5, 0.6) is 5.75 Å². The van der Waals surface area contributed by atoms with Crippen molar-refractivity contribution in [2.75, 3.05) is 7.05 Å². The van der Waals surface area contributed by atoms with Crippen LogP contribution in [0.15, 0.2) is 45.7 Å². The number of amides is 1. The van der Waals surface area contributed by atoms with E-state index in [1.54, 1.807) is 37.8 Å². The summed E-state index contributed by atoms with van der Waals surface area (Å²) < 4.78 is 5.68. The summed E-state index contributed by atoms with van der Waals surface area (Å²) in [5, 5.41) is 9.74. The van der Waals surface area contributed by atoms with E-state index in [2.05, 4.69) is 15.9 Å². The number of aromatic hydroxyl groups is 1. The van der Waals surface area contributed by atoms with E-state index in [9.17, 15) is 9.90 Å². The Bertz CT molecular complexity index is 551. The molecule has 1 N–H and O–H groups in total. The molecule has 0 bridgehead atoms. The monoisotopic (exact) mass is 309 g/mol. The molecule has 1 aromatic heterocycles. The topological polar surface area (TPSA) is 53.7 Å². The number of nitrogens with zero attached hydrogens (tertiary/aromatic N) is 1. The van der Waals surface area contributed by atoms with Gasteiger partial charge in [-0.1, -0.05) is 15.9 Å². The number of phenolic OH excluding ortho intramolecular Hbond substituents is 1. The summed E-state index contributed by atoms with van der Waals surface area (Å²) in [5.41, 5.74) is 1.19. The van der Waals surface area contributed by atoms with Gasteiger partial charge in [0.1, 0.15) is 5.75 Å². The molecule has 5 heteroatoms. The molecule has 94 valence electrons. The first-order chi connectivity index (χ1) is 8.58. The maximum Gasteiger partial charge on any atom is 0.257 e. The molecule has 1 amide bonds. The molecule has 1 aromatic carbocycles. The van der Waals surface area contributed by atoms with Crippen molar-refractivity contribution in [3.05, 3.63) is 52.4 Å². The number of carbonyl (C=O) groups is 1. The summed E-state index contributed by atoms with van der Waals surface area (Å²) in [6, 6.07) is 6.61. The maximum absolute atomic E-state index is 12.1. The van der Waals surface area contributed by atoms with E-state index in [1.165, 1.54) is 11.0 Å². The first kappa shape index (κ1) is 12.7. The molecule has 2 rings (SSSR count). The number of benzene rings is 1. The van der Waals surface area contributed by atoms with E-state index >= 15 is 0 Å². The highest BCUT2D eigenvalue weighted by atomic mass is 79.9. The molecule has 0 unspecified atom stereocenters. The second-order valence-electron chi connectivity index (χ2n) is 3.95. The zero-order valence-electron chi connectivity index (χ0n) is 9.76. The van der Waals surface area contributed by atoms with Crippen LogP contribution in [0, 0.1) is 0 Å². The van der Waals surface area contributed by atoms with Gasteiger partial charge >= 0.3 is 0 Å². The molecule has 0 radical (unpaired) electrons. The highest BCUT2D eigenvalue weighted by Crippen LogP contribution is 2.23. The Morgan fingerprint density at radius 2 is 2.22 bits per heavy atom. The van der Waals surface area contributed by atoms with Crippen LogP contribution in [-0.2, 0) is 6.54 Å². The Kier molecular flexibility index (Phi) is 3.72. The lowest BCUT2D eigenvalue weighted by Gasteiger charge is -2.16. The predicted molar refractivity (Wildman–Crippen MR) is 70.3 cm³/mol. The molecule has 2 aromatic rings. The largest absolute Gasteiger partial charge is 0.507 e. The second kappa shape index (κ2) is 5.27. The van der Waals surface area contributed by atoms with Crippen LogP contribution in [-0.4, -0.2) is 23.0 Å². The smallest absolute Gasteiger partial charge is 0.257 e. The van der Waals surface area contributed by atoms with Gasteiger partial charge in [0, 0.05) is 23.6 Å². The number of hydrogen-bond donors (Lipinski definition) is 1. The van der Waals surface area contributed by atoms with Crippen molar-refractivity contribution in [1.82, 2.24) is 4.90 Å². The third-order valence-electron chi connectivity index (χ3n) is 2.54. The average Bonchev–Trinajstić information content (AvgIpc) is 2.81. The molecular formula is C13H12BrNO3. The Hall–Kier alpha value is -1.75. The van der Waals surface area contributed by atoms with Crippen LogP contribution in [0.25, 0.3) is 0 Å². The van der Waals surface area contributed by atoms with Gasteiger partial charge in [-0.15, -0.1) is 0 Å². The zero-order valence-corrected chi connectivity index (χ0v) is 11.3. The molecule has 0 aliphatic rings. The molecule has 0 fully saturated rings. The van der Waals surface area contributed by atoms with Crippen molar-refractivity contribution in [2.45, 2.75) is 6.54 Å². The van der Waals surface area contributed by atoms with Crippen molar-refractivity contribution < 1.29 is 14.3 Å². The third-order valence-corrected chi connectivity index (χ3v) is 3.03. The molecule has 0 spiro atoms. The van der Waals surface area contributed by atoms with Crippen molar-refractivity contribution in [3.8, 4) is 5.75 Å². The molecule has 4 nitrogen and oxygen atoms in total. The van der Waals surface area contributed by atoms with Gasteiger partial charge in [0.2, 0.25) is 0 Å². The molecule has 1 heterocycles. The number of carbonyl (C=O) groups excluding carboxylic acids is 1. The van der Waals surface area contributed by atoms with Crippen LogP contribution in [0.2, 0.25) is 0 Å². The van der Waals surface area contributed by atoms with Crippen molar-refractivity contribution in [1.29, 1.82) is 0 Å². The van der Waals surface area contributed by atoms with Crippen LogP contribution < -0.4 is 0 Å². The lowest BCUT2D eigenvalue weighted by atomic mass is 10.1. The summed E-state index contributed by atoms with van der Waals surface area (Å²) in [7, 11) is 1.68. The average molecular weight is 310 g/mol. The minimum absolute atomic E-state index is 0.0339. The number of rotatable bonds is 3. The maximum atomic E-state index is 12.1. The number of furan rings is 1. The van der Waals surface area contributed by atoms with Crippen LogP contribution in [0.1, 0.15) is 15.9 Å². The highest BCUT2D eigenvalue weighted by molar-refractivity contribution is 9.10. The first-order valence-corrected chi connectivity index (χ1v) is 6.12. The van der Waals surface area contributed by atoms with Crippen LogP contribution in [0.3, 0.4) is 0 Å². The third kappa shape index (κ3) is 2.73. The van der Waals surface area contributed by atoms with Crippen molar-refractivity contribution >= 4 is 21.8 Å². The lowest BCUT2D eigenvalue weighted by molar-refractivity contribution is 0.0782. The van der Waals surface area contributed by atoms with Crippen molar-refractivity contribution in [2.24, 2.45) is 0 Å². The zero-order chi connectivity index (χ0) is 13.1. The van der Waals surface area contributed by atoms with Crippen LogP contribution >= 0.6 is 15.9 Å². The van der Waals surface area contributed by atoms with E-state index in [-0.39, 0.29) is 17.2 Å². The quantitative estimate of drug-likeness (QED) is 0.948. The molecule has 0 saturated carbocycles. The fourth-order valence-electron chi connectivity index (χ4n) is 1.62. The molecule has 0 aliphatic carbocycles. The van der Waals surface area contributed by atoms with Gasteiger partial charge in [-0.3, -0.25) is 4.79 Å². The SMILES string of the molecule is CN(Cc1ccoc1)C(=O)c1ccc(Br)cc1O. The lowest BCUT2D eigenvalue weighted by Crippen LogP contribution is -2.26. The Morgan fingerprint density at radius 1 is 1.44 bits per heavy atom. The van der Waals surface area contributed by atoms with Crippen molar-refractivity contribution in [3.63, 3.8) is 0 Å². The number of hydrogen-bond acceptors (Lipinski definition) is 3. The summed E-state index contributed by atoms with van der Waals surface area (Å²) in [4.78, 5) is 13.6. The van der Waals surface area contributed by atoms with Gasteiger partial charge in [-0.2, -0.15) is 0 Å². The van der Waals surface area contributed by atoms with E-state index < -0.39 is 0 Å². The van der Waals surface area contributed by atoms with Gasteiger partial charge in [0.25, 0.3) is 5.91 Å². The van der Waals surface area contributed by atoms with E-state index in [4.69, 9.17) is 4.42 Å². The van der Waals surface area contributed by atoms with Gasteiger partial charge in [-0.25, -0.2) is 0 Å². The summed E-state index contributed by atoms with van der Waals surface area (Å²) in [5.74, 6) is -0.269. The minimum Gasteiger partial charge on any atom is -0.507 e. The van der Waals surface area contributed by atoms with Gasteiger partial charge in [0.15, 0.2) is 0 Å². The molecular weight excluding hydrogens is 298 g/mol. The fourth-order valence-corrected chi connectivity index (χ4v) is 1.97. The normalized spacial score (nSPS) is 10.3. The molecule has 0 aliphatic heterocycles. The van der Waals surface area contributed by atoms with Gasteiger partial charge in [-0.05, 0) is 24.3 Å². The predicted octanol–water partition coefficient (Wildman–Crippen LogP) is 3.02. The molecule has 18 heavy (non-hydrogen) atoms. The van der Waals surface area contributed by atoms with Crippen LogP contribution in [0.4, 0.5) is 0 Å². The Labute approximate surface area is 113 Å². The second-order valence-corrected chi connectivity index (χ2v) is 4.87. The first-order valence-electron chi connectivity index (χ1n) is 5.33. The van der Waals surface area contributed by atoms with E-state index in [0.717, 1.165) is 10.0 Å². The standard InChI is InChI=1S/C13H12BrNO3/c1-15(7-9-4-5-18-8-9)13(17)11-3-2-10(14)6-12(11)16/h2-6,8,16H,7H2,1H3. The van der Waals surface area contributed by atoms with Gasteiger partial charge in [0.05, 0.1) is 18.1 Å². The Morgan fingerprint density at radius 3 is 2.83 bits per heavy atom. The minimum atomic E-state index is -0.235. The summed E-state index contributed by atoms with van der Waals surface area (Å²) in [6.07, 6.45) is 3.15. The molecule has 0 atom stereocenters. The fraction of sp³-hybridized carbons (Fsp3) is 0.154. The van der Waals surface area contributed by atoms with Gasteiger partial charge < -0.3 is 14.4 Å². The number of phenols is 1. The summed E-state index contributed by atoms with van der Waals surface area (Å²) >= 11 is 3.23. The number of halogens is 1. The van der Waals surface area contributed by atoms with E-state index in [0.29, 0.717) is 6.54 Å². The highest BCUT2D eigenvalue weighted by Gasteiger charge is 2.16.